The Labute approximate surface area is 310 Å². The molecule has 0 radical (unpaired) electrons. The third kappa shape index (κ3) is 6.34. The summed E-state index contributed by atoms with van der Waals surface area (Å²) in [5.41, 5.74) is 10.5. The highest BCUT2D eigenvalue weighted by atomic mass is 15.1. The maximum Gasteiger partial charge on any atom is 0.0468 e. The first kappa shape index (κ1) is 32.8. The van der Waals surface area contributed by atoms with Gasteiger partial charge in [0, 0.05) is 34.1 Å². The van der Waals surface area contributed by atoms with Crippen LogP contribution in [0.4, 0.5) is 28.4 Å². The van der Waals surface area contributed by atoms with Gasteiger partial charge in [-0.3, -0.25) is 0 Å². The fourth-order valence-corrected chi connectivity index (χ4v) is 9.60. The molecule has 0 unspecified atom stereocenters. The van der Waals surface area contributed by atoms with Crippen LogP contribution < -0.4 is 9.80 Å². The van der Waals surface area contributed by atoms with Crippen LogP contribution in [0.2, 0.25) is 0 Å². The van der Waals surface area contributed by atoms with Gasteiger partial charge >= 0.3 is 0 Å². The molecule has 52 heavy (non-hydrogen) atoms. The molecular formula is C50H50N2. The minimum atomic E-state index is 0.566. The molecule has 0 heterocycles. The first-order valence-electron chi connectivity index (χ1n) is 20.0. The molecule has 0 saturated heterocycles. The first-order valence-corrected chi connectivity index (χ1v) is 20.0. The standard InChI is InChI=1S/C50H50N2/c1-7-19-37(20-8-1)49-45-33-31-44(52(41-27-15-5-16-28-41)42-29-17-6-18-30-42)36-48(45)50(38-21-9-2-10-22-38)46-34-32-43(35-47(46)49)51(39-23-11-3-12-24-39)40-25-13-4-14-26-40/h3-5,11-17,23-38H,1-2,6-10,18-22H2. The Kier molecular flexibility index (Phi) is 9.38. The lowest BCUT2D eigenvalue weighted by Crippen LogP contribution is -2.16. The monoisotopic (exact) mass is 678 g/mol. The maximum absolute atomic E-state index is 2.58. The third-order valence-electron chi connectivity index (χ3n) is 12.0. The average molecular weight is 679 g/mol. The van der Waals surface area contributed by atoms with E-state index in [2.05, 4.69) is 155 Å². The van der Waals surface area contributed by atoms with Crippen molar-refractivity contribution in [2.24, 2.45) is 0 Å². The highest BCUT2D eigenvalue weighted by Gasteiger charge is 2.28. The van der Waals surface area contributed by atoms with Crippen LogP contribution in [-0.4, -0.2) is 0 Å². The van der Waals surface area contributed by atoms with Crippen molar-refractivity contribution in [2.75, 3.05) is 9.80 Å². The van der Waals surface area contributed by atoms with Gasteiger partial charge in [0.2, 0.25) is 0 Å². The lowest BCUT2D eigenvalue weighted by Gasteiger charge is -2.32. The van der Waals surface area contributed by atoms with Crippen molar-refractivity contribution >= 4 is 50.0 Å². The number of para-hydroxylation sites is 3. The van der Waals surface area contributed by atoms with Crippen LogP contribution in [0, 0.1) is 0 Å². The van der Waals surface area contributed by atoms with Crippen LogP contribution >= 0.6 is 0 Å². The largest absolute Gasteiger partial charge is 0.311 e. The lowest BCUT2D eigenvalue weighted by molar-refractivity contribution is 0.445. The van der Waals surface area contributed by atoms with Crippen molar-refractivity contribution in [1.82, 2.24) is 0 Å². The number of hydrogen-bond acceptors (Lipinski definition) is 2. The van der Waals surface area contributed by atoms with Crippen LogP contribution in [-0.2, 0) is 0 Å². The molecule has 0 bridgehead atoms. The fourth-order valence-electron chi connectivity index (χ4n) is 9.60. The van der Waals surface area contributed by atoms with Gasteiger partial charge in [0.15, 0.2) is 0 Å². The van der Waals surface area contributed by atoms with Gasteiger partial charge in [-0.15, -0.1) is 0 Å². The minimum absolute atomic E-state index is 0.566. The summed E-state index contributed by atoms with van der Waals surface area (Å²) < 4.78 is 0. The summed E-state index contributed by atoms with van der Waals surface area (Å²) in [6.45, 7) is 0. The van der Waals surface area contributed by atoms with E-state index in [9.17, 15) is 0 Å². The van der Waals surface area contributed by atoms with Crippen molar-refractivity contribution in [1.29, 1.82) is 0 Å². The molecule has 2 heteroatoms. The first-order chi connectivity index (χ1) is 25.8. The molecule has 0 aliphatic heterocycles. The van der Waals surface area contributed by atoms with Crippen LogP contribution in [0.3, 0.4) is 0 Å². The number of benzene rings is 6. The van der Waals surface area contributed by atoms with Gasteiger partial charge in [-0.25, -0.2) is 0 Å². The van der Waals surface area contributed by atoms with Crippen molar-refractivity contribution in [3.8, 4) is 0 Å². The maximum atomic E-state index is 2.58. The number of allylic oxidation sites excluding steroid dienone is 3. The normalized spacial score (nSPS) is 17.0. The highest BCUT2D eigenvalue weighted by Crippen LogP contribution is 2.50. The summed E-state index contributed by atoms with van der Waals surface area (Å²) in [6, 6.07) is 47.8. The molecule has 2 nitrogen and oxygen atoms in total. The van der Waals surface area contributed by atoms with Crippen molar-refractivity contribution < 1.29 is 0 Å². The third-order valence-corrected chi connectivity index (χ3v) is 12.0. The molecule has 260 valence electrons. The summed E-state index contributed by atoms with van der Waals surface area (Å²) in [5.74, 6) is 1.13. The Bertz CT molecular complexity index is 2160. The van der Waals surface area contributed by atoms with Crippen molar-refractivity contribution in [2.45, 2.75) is 88.9 Å². The number of rotatable bonds is 8. The lowest BCUT2D eigenvalue weighted by atomic mass is 9.74. The molecule has 0 atom stereocenters. The van der Waals surface area contributed by atoms with Gasteiger partial charge in [0.1, 0.15) is 0 Å². The molecule has 9 rings (SSSR count). The summed E-state index contributed by atoms with van der Waals surface area (Å²) in [6.07, 6.45) is 22.3. The van der Waals surface area contributed by atoms with E-state index in [4.69, 9.17) is 0 Å². The second-order valence-corrected chi connectivity index (χ2v) is 15.2. The molecular weight excluding hydrogens is 629 g/mol. The van der Waals surface area contributed by atoms with E-state index in [1.807, 2.05) is 0 Å². The molecule has 0 amide bonds. The van der Waals surface area contributed by atoms with E-state index >= 15 is 0 Å². The molecule has 0 aromatic heterocycles. The number of anilines is 5. The van der Waals surface area contributed by atoms with Gasteiger partial charge < -0.3 is 9.80 Å². The Balaban J connectivity index is 1.32. The van der Waals surface area contributed by atoms with Crippen molar-refractivity contribution in [3.05, 3.63) is 162 Å². The Morgan fingerprint density at radius 3 is 1.27 bits per heavy atom. The van der Waals surface area contributed by atoms with E-state index in [-0.39, 0.29) is 0 Å². The number of nitrogens with zero attached hydrogens (tertiary/aromatic N) is 2. The van der Waals surface area contributed by atoms with E-state index in [1.165, 1.54) is 120 Å². The Hall–Kier alpha value is -5.08. The molecule has 0 spiro atoms. The minimum Gasteiger partial charge on any atom is -0.311 e. The molecule has 0 N–H and O–H groups in total. The van der Waals surface area contributed by atoms with Crippen molar-refractivity contribution in [3.63, 3.8) is 0 Å². The second kappa shape index (κ2) is 14.9. The molecule has 3 aliphatic rings. The quantitative estimate of drug-likeness (QED) is 0.148. The summed E-state index contributed by atoms with van der Waals surface area (Å²) in [7, 11) is 0. The Morgan fingerprint density at radius 2 is 0.827 bits per heavy atom. The van der Waals surface area contributed by atoms with Gasteiger partial charge in [-0.05, 0) is 150 Å². The Morgan fingerprint density at radius 1 is 0.385 bits per heavy atom. The summed E-state index contributed by atoms with van der Waals surface area (Å²) in [4.78, 5) is 4.94. The zero-order chi connectivity index (χ0) is 34.7. The average Bonchev–Trinajstić information content (AvgIpc) is 3.22. The van der Waals surface area contributed by atoms with Gasteiger partial charge in [0.05, 0.1) is 0 Å². The highest BCUT2D eigenvalue weighted by molar-refractivity contribution is 6.09. The van der Waals surface area contributed by atoms with Gasteiger partial charge in [0.25, 0.3) is 0 Å². The predicted molar refractivity (Wildman–Crippen MR) is 223 cm³/mol. The molecule has 2 fully saturated rings. The van der Waals surface area contributed by atoms with E-state index in [0.717, 1.165) is 12.8 Å². The van der Waals surface area contributed by atoms with Crippen LogP contribution in [0.1, 0.15) is 100 Å². The molecule has 2 saturated carbocycles. The van der Waals surface area contributed by atoms with E-state index in [0.29, 0.717) is 11.8 Å². The predicted octanol–water partition coefficient (Wildman–Crippen LogP) is 14.9. The fraction of sp³-hybridized carbons (Fsp3) is 0.280. The van der Waals surface area contributed by atoms with Crippen LogP contribution in [0.15, 0.2) is 151 Å². The molecule has 3 aliphatic carbocycles. The number of hydrogen-bond donors (Lipinski definition) is 0. The SMILES string of the molecule is C1=CC(N(c2ccccc2)c2ccc3c(C4CCCCC4)c4cc(N(c5ccccc5)c5ccccc5)ccc4c(C4CCCCC4)c3c2)=CCC1. The van der Waals surface area contributed by atoms with Crippen LogP contribution in [0.25, 0.3) is 21.5 Å². The number of fused-ring (bicyclic) bond motifs is 2. The van der Waals surface area contributed by atoms with Crippen LogP contribution in [0.5, 0.6) is 0 Å². The van der Waals surface area contributed by atoms with E-state index in [1.54, 1.807) is 11.1 Å². The molecule has 6 aromatic carbocycles. The molecule has 6 aromatic rings. The topological polar surface area (TPSA) is 6.48 Å². The second-order valence-electron chi connectivity index (χ2n) is 15.2. The zero-order valence-corrected chi connectivity index (χ0v) is 30.4. The zero-order valence-electron chi connectivity index (χ0n) is 30.4. The van der Waals surface area contributed by atoms with E-state index < -0.39 is 0 Å². The smallest absolute Gasteiger partial charge is 0.0468 e. The summed E-state index contributed by atoms with van der Waals surface area (Å²) in [5, 5.41) is 5.91. The van der Waals surface area contributed by atoms with Gasteiger partial charge in [-0.1, -0.05) is 117 Å². The van der Waals surface area contributed by atoms with Gasteiger partial charge in [-0.2, -0.15) is 0 Å². The summed E-state index contributed by atoms with van der Waals surface area (Å²) >= 11 is 0.